The largest absolute Gasteiger partial charge is 0.359 e. The highest BCUT2D eigenvalue weighted by molar-refractivity contribution is 6.04. The van der Waals surface area contributed by atoms with E-state index in [0.717, 1.165) is 36.5 Å². The van der Waals surface area contributed by atoms with Crippen LogP contribution in [0.4, 0.5) is 11.5 Å². The second-order valence-electron chi connectivity index (χ2n) is 6.65. The molecule has 24 heavy (non-hydrogen) atoms. The summed E-state index contributed by atoms with van der Waals surface area (Å²) in [5.74, 6) is 1.72. The van der Waals surface area contributed by atoms with E-state index in [9.17, 15) is 4.79 Å². The van der Waals surface area contributed by atoms with Crippen LogP contribution in [-0.4, -0.2) is 40.0 Å². The Labute approximate surface area is 141 Å². The van der Waals surface area contributed by atoms with Gasteiger partial charge in [0.25, 0.3) is 0 Å². The average Bonchev–Trinajstić information content (AvgIpc) is 3.30. The highest BCUT2D eigenvalue weighted by atomic mass is 16.2. The molecule has 126 valence electrons. The molecule has 4 rings (SSSR count). The molecule has 0 bridgehead atoms. The number of rotatable bonds is 3. The molecular weight excluding hydrogens is 302 g/mol. The van der Waals surface area contributed by atoms with Crippen LogP contribution in [0.15, 0.2) is 24.5 Å². The fourth-order valence-corrected chi connectivity index (χ4v) is 3.98. The summed E-state index contributed by atoms with van der Waals surface area (Å²) >= 11 is 0. The van der Waals surface area contributed by atoms with Crippen molar-refractivity contribution in [2.75, 3.05) is 16.8 Å². The molecule has 1 aliphatic carbocycles. The Morgan fingerprint density at radius 3 is 2.79 bits per heavy atom. The Morgan fingerprint density at radius 2 is 2.12 bits per heavy atom. The SMILES string of the molecule is CC[C@@H]1C(=O)N(C)c2cnc(-c3ccc[nH]3)nc2N1C1CCCC1. The number of hydrogen-bond acceptors (Lipinski definition) is 4. The van der Waals surface area contributed by atoms with Crippen LogP contribution in [0.2, 0.25) is 0 Å². The molecule has 3 heterocycles. The minimum atomic E-state index is -0.128. The predicted molar refractivity (Wildman–Crippen MR) is 94.0 cm³/mol. The van der Waals surface area contributed by atoms with Gasteiger partial charge in [0.15, 0.2) is 11.6 Å². The van der Waals surface area contributed by atoms with Gasteiger partial charge in [-0.3, -0.25) is 4.79 Å². The van der Waals surface area contributed by atoms with Gasteiger partial charge in [-0.05, 0) is 31.4 Å². The van der Waals surface area contributed by atoms with E-state index < -0.39 is 0 Å². The third-order valence-electron chi connectivity index (χ3n) is 5.25. The Bertz CT molecular complexity index is 736. The van der Waals surface area contributed by atoms with Crippen LogP contribution >= 0.6 is 0 Å². The smallest absolute Gasteiger partial charge is 0.249 e. The number of hydrogen-bond donors (Lipinski definition) is 1. The van der Waals surface area contributed by atoms with E-state index in [4.69, 9.17) is 4.98 Å². The van der Waals surface area contributed by atoms with Gasteiger partial charge < -0.3 is 14.8 Å². The van der Waals surface area contributed by atoms with Gasteiger partial charge in [-0.2, -0.15) is 0 Å². The molecule has 1 atom stereocenters. The van der Waals surface area contributed by atoms with Crippen LogP contribution in [0.25, 0.3) is 11.5 Å². The lowest BCUT2D eigenvalue weighted by molar-refractivity contribution is -0.120. The third kappa shape index (κ3) is 2.28. The fraction of sp³-hybridized carbons (Fsp3) is 0.500. The third-order valence-corrected chi connectivity index (χ3v) is 5.25. The predicted octanol–water partition coefficient (Wildman–Crippen LogP) is 2.98. The van der Waals surface area contributed by atoms with E-state index in [1.165, 1.54) is 12.8 Å². The van der Waals surface area contributed by atoms with Gasteiger partial charge in [0.05, 0.1) is 11.9 Å². The topological polar surface area (TPSA) is 65.1 Å². The maximum atomic E-state index is 12.8. The maximum Gasteiger partial charge on any atom is 0.249 e. The second-order valence-corrected chi connectivity index (χ2v) is 6.65. The minimum absolute atomic E-state index is 0.128. The summed E-state index contributed by atoms with van der Waals surface area (Å²) in [7, 11) is 1.83. The summed E-state index contributed by atoms with van der Waals surface area (Å²) in [5.41, 5.74) is 1.71. The van der Waals surface area contributed by atoms with Crippen molar-refractivity contribution in [3.05, 3.63) is 24.5 Å². The van der Waals surface area contributed by atoms with Crippen LogP contribution in [0, 0.1) is 0 Å². The van der Waals surface area contributed by atoms with Gasteiger partial charge in [-0.15, -0.1) is 0 Å². The van der Waals surface area contributed by atoms with Crippen LogP contribution in [0.3, 0.4) is 0 Å². The first-order valence-electron chi connectivity index (χ1n) is 8.77. The Morgan fingerprint density at radius 1 is 1.33 bits per heavy atom. The minimum Gasteiger partial charge on any atom is -0.359 e. The molecule has 0 radical (unpaired) electrons. The monoisotopic (exact) mass is 325 g/mol. The number of nitrogens with one attached hydrogen (secondary N) is 1. The van der Waals surface area contributed by atoms with Crippen molar-refractivity contribution in [1.82, 2.24) is 15.0 Å². The van der Waals surface area contributed by atoms with Crippen molar-refractivity contribution in [3.63, 3.8) is 0 Å². The Balaban J connectivity index is 1.84. The summed E-state index contributed by atoms with van der Waals surface area (Å²) in [5, 5.41) is 0. The summed E-state index contributed by atoms with van der Waals surface area (Å²) in [6.45, 7) is 2.08. The quantitative estimate of drug-likeness (QED) is 0.942. The second kappa shape index (κ2) is 5.92. The molecule has 2 aromatic rings. The number of aromatic amines is 1. The summed E-state index contributed by atoms with van der Waals surface area (Å²) in [6, 6.07) is 4.18. The highest BCUT2D eigenvalue weighted by Crippen LogP contribution is 2.39. The van der Waals surface area contributed by atoms with E-state index in [1.54, 1.807) is 11.1 Å². The molecule has 2 aromatic heterocycles. The molecule has 0 unspecified atom stereocenters. The van der Waals surface area contributed by atoms with Gasteiger partial charge in [-0.1, -0.05) is 19.8 Å². The molecule has 1 aliphatic heterocycles. The molecular formula is C18H23N5O. The zero-order chi connectivity index (χ0) is 16.7. The fourth-order valence-electron chi connectivity index (χ4n) is 3.98. The van der Waals surface area contributed by atoms with Crippen molar-refractivity contribution in [1.29, 1.82) is 0 Å². The summed E-state index contributed by atoms with van der Waals surface area (Å²) < 4.78 is 0. The van der Waals surface area contributed by atoms with Gasteiger partial charge in [-0.25, -0.2) is 9.97 Å². The van der Waals surface area contributed by atoms with Gasteiger partial charge >= 0.3 is 0 Å². The van der Waals surface area contributed by atoms with Gasteiger partial charge in [0, 0.05) is 19.3 Å². The number of nitrogens with zero attached hydrogens (tertiary/aromatic N) is 4. The van der Waals surface area contributed by atoms with Crippen molar-refractivity contribution in [2.24, 2.45) is 0 Å². The van der Waals surface area contributed by atoms with E-state index in [2.05, 4.69) is 21.8 Å². The average molecular weight is 325 g/mol. The number of amides is 1. The zero-order valence-electron chi connectivity index (χ0n) is 14.2. The van der Waals surface area contributed by atoms with Crippen LogP contribution < -0.4 is 9.80 Å². The van der Waals surface area contributed by atoms with Crippen LogP contribution in [-0.2, 0) is 4.79 Å². The van der Waals surface area contributed by atoms with Gasteiger partial charge in [0.1, 0.15) is 11.7 Å². The Hall–Kier alpha value is -2.37. The molecule has 2 aliphatic rings. The molecule has 1 fully saturated rings. The van der Waals surface area contributed by atoms with E-state index in [1.807, 2.05) is 25.4 Å². The molecule has 1 N–H and O–H groups in total. The first kappa shape index (κ1) is 15.2. The first-order chi connectivity index (χ1) is 11.7. The van der Waals surface area contributed by atoms with E-state index in [-0.39, 0.29) is 11.9 Å². The number of carbonyl (C=O) groups excluding carboxylic acids is 1. The van der Waals surface area contributed by atoms with Gasteiger partial charge in [0.2, 0.25) is 5.91 Å². The molecule has 1 amide bonds. The molecule has 1 saturated carbocycles. The molecule has 6 heteroatoms. The van der Waals surface area contributed by atoms with E-state index >= 15 is 0 Å². The molecule has 0 saturated heterocycles. The summed E-state index contributed by atoms with van der Waals surface area (Å²) in [6.07, 6.45) is 9.17. The number of H-pyrrole nitrogens is 1. The van der Waals surface area contributed by atoms with Crippen molar-refractivity contribution >= 4 is 17.4 Å². The van der Waals surface area contributed by atoms with Crippen LogP contribution in [0.1, 0.15) is 39.0 Å². The molecule has 6 nitrogen and oxygen atoms in total. The maximum absolute atomic E-state index is 12.8. The normalized spacial score (nSPS) is 21.4. The molecule has 0 spiro atoms. The highest BCUT2D eigenvalue weighted by Gasteiger charge is 2.41. The van der Waals surface area contributed by atoms with Crippen molar-refractivity contribution in [3.8, 4) is 11.5 Å². The van der Waals surface area contributed by atoms with Crippen molar-refractivity contribution in [2.45, 2.75) is 51.1 Å². The van der Waals surface area contributed by atoms with E-state index in [0.29, 0.717) is 11.9 Å². The number of aromatic nitrogens is 3. The van der Waals surface area contributed by atoms with Crippen LogP contribution in [0.5, 0.6) is 0 Å². The lowest BCUT2D eigenvalue weighted by Gasteiger charge is -2.43. The number of fused-ring (bicyclic) bond motifs is 1. The number of anilines is 2. The van der Waals surface area contributed by atoms with Crippen molar-refractivity contribution < 1.29 is 4.79 Å². The Kier molecular flexibility index (Phi) is 3.75. The number of likely N-dealkylation sites (N-methyl/N-ethyl adjacent to an activating group) is 1. The number of carbonyl (C=O) groups is 1. The lowest BCUT2D eigenvalue weighted by atomic mass is 10.0. The summed E-state index contributed by atoms with van der Waals surface area (Å²) in [4.78, 5) is 29.3. The zero-order valence-corrected chi connectivity index (χ0v) is 14.2. The standard InChI is InChI=1S/C18H23N5O/c1-3-14-18(24)22(2)15-11-20-16(13-9-6-10-19-13)21-17(15)23(14)12-7-4-5-8-12/h6,9-12,14,19H,3-5,7-8H2,1-2H3/t14-/m1/s1. The first-order valence-corrected chi connectivity index (χ1v) is 8.77. The lowest BCUT2D eigenvalue weighted by Crippen LogP contribution is -2.55. The molecule has 0 aromatic carbocycles.